The molecule has 8 heteroatoms. The number of alkyl halides is 3. The lowest BCUT2D eigenvalue weighted by molar-refractivity contribution is -0.139. The summed E-state index contributed by atoms with van der Waals surface area (Å²) in [4.78, 5) is 13.1. The second-order valence-corrected chi connectivity index (χ2v) is 9.89. The second-order valence-electron chi connectivity index (χ2n) is 8.60. The first kappa shape index (κ1) is 27.0. The van der Waals surface area contributed by atoms with Crippen LogP contribution in [0.25, 0.3) is 16.0 Å². The fraction of sp³-hybridized carbons (Fsp3) is 0.167. The van der Waals surface area contributed by atoms with Crippen LogP contribution in [0.5, 0.6) is 11.5 Å². The van der Waals surface area contributed by atoms with Crippen molar-refractivity contribution in [2.45, 2.75) is 20.0 Å². The van der Waals surface area contributed by atoms with Crippen LogP contribution >= 0.6 is 11.3 Å². The van der Waals surface area contributed by atoms with Crippen LogP contribution in [-0.4, -0.2) is 24.3 Å². The van der Waals surface area contributed by atoms with Gasteiger partial charge in [0.1, 0.15) is 18.1 Å². The minimum atomic E-state index is -4.46. The smallest absolute Gasteiger partial charge is 0.416 e. The predicted octanol–water partition coefficient (Wildman–Crippen LogP) is 8.02. The lowest BCUT2D eigenvalue weighted by atomic mass is 9.95. The van der Waals surface area contributed by atoms with Crippen molar-refractivity contribution in [2.75, 3.05) is 13.2 Å². The Hall–Kier alpha value is -4.04. The van der Waals surface area contributed by atoms with Crippen molar-refractivity contribution in [3.63, 3.8) is 0 Å². The number of carboxylic acids is 1. The zero-order valence-corrected chi connectivity index (χ0v) is 21.5. The molecule has 38 heavy (non-hydrogen) atoms. The molecule has 4 rings (SSSR count). The number of aliphatic carboxylic acids is 1. The zero-order chi connectivity index (χ0) is 27.3. The number of aryl methyl sites for hydroxylation is 2. The number of carbonyl (C=O) groups is 1. The van der Waals surface area contributed by atoms with Crippen molar-refractivity contribution in [2.24, 2.45) is 0 Å². The molecular weight excluding hydrogens is 513 g/mol. The molecule has 1 N–H and O–H groups in total. The Morgan fingerprint density at radius 3 is 2.32 bits per heavy atom. The highest BCUT2D eigenvalue weighted by atomic mass is 32.1. The van der Waals surface area contributed by atoms with Gasteiger partial charge in [0.15, 0.2) is 6.61 Å². The van der Waals surface area contributed by atoms with Crippen molar-refractivity contribution < 1.29 is 32.5 Å². The van der Waals surface area contributed by atoms with E-state index in [0.29, 0.717) is 28.2 Å². The highest BCUT2D eigenvalue weighted by molar-refractivity contribution is 7.15. The van der Waals surface area contributed by atoms with Crippen LogP contribution in [0.3, 0.4) is 0 Å². The number of benzene rings is 3. The van der Waals surface area contributed by atoms with Gasteiger partial charge in [0.25, 0.3) is 0 Å². The molecule has 196 valence electrons. The highest BCUT2D eigenvalue weighted by Crippen LogP contribution is 2.34. The molecule has 3 aromatic carbocycles. The van der Waals surface area contributed by atoms with Crippen LogP contribution in [0, 0.1) is 13.8 Å². The van der Waals surface area contributed by atoms with E-state index in [4.69, 9.17) is 14.6 Å². The molecule has 4 aromatic rings. The van der Waals surface area contributed by atoms with E-state index in [9.17, 15) is 18.0 Å². The Bertz CT molecular complexity index is 1450. The van der Waals surface area contributed by atoms with Gasteiger partial charge < -0.3 is 14.6 Å². The number of carboxylic acid groups (broad SMARTS) is 1. The Morgan fingerprint density at radius 1 is 0.921 bits per heavy atom. The van der Waals surface area contributed by atoms with Crippen molar-refractivity contribution >= 4 is 22.9 Å². The normalized spacial score (nSPS) is 11.9. The summed E-state index contributed by atoms with van der Waals surface area (Å²) in [6.45, 7) is 3.46. The van der Waals surface area contributed by atoms with E-state index in [-0.39, 0.29) is 6.61 Å². The van der Waals surface area contributed by atoms with E-state index in [0.717, 1.165) is 28.1 Å². The molecule has 1 heterocycles. The highest BCUT2D eigenvalue weighted by Gasteiger charge is 2.30. The van der Waals surface area contributed by atoms with Gasteiger partial charge in [-0.3, -0.25) is 0 Å². The number of hydrogen-bond acceptors (Lipinski definition) is 4. The van der Waals surface area contributed by atoms with E-state index in [2.05, 4.69) is 0 Å². The van der Waals surface area contributed by atoms with Crippen LogP contribution in [0.4, 0.5) is 13.2 Å². The lowest BCUT2D eigenvalue weighted by Gasteiger charge is -2.14. The van der Waals surface area contributed by atoms with Crippen molar-refractivity contribution in [1.82, 2.24) is 0 Å². The first-order valence-corrected chi connectivity index (χ1v) is 12.5. The molecule has 0 fully saturated rings. The van der Waals surface area contributed by atoms with Gasteiger partial charge in [-0.1, -0.05) is 36.4 Å². The topological polar surface area (TPSA) is 55.8 Å². The molecule has 0 amide bonds. The summed E-state index contributed by atoms with van der Waals surface area (Å²) in [6.07, 6.45) is -2.70. The number of hydrogen-bond donors (Lipinski definition) is 1. The quantitative estimate of drug-likeness (QED) is 0.234. The van der Waals surface area contributed by atoms with Crippen LogP contribution in [-0.2, 0) is 11.0 Å². The molecule has 1 aromatic heterocycles. The fourth-order valence-electron chi connectivity index (χ4n) is 3.90. The summed E-state index contributed by atoms with van der Waals surface area (Å²) in [5.74, 6) is -0.121. The maximum absolute atomic E-state index is 13.4. The molecule has 0 radical (unpaired) electrons. The number of thiophene rings is 1. The maximum Gasteiger partial charge on any atom is 0.416 e. The molecule has 0 aliphatic carbocycles. The number of halogens is 3. The first-order chi connectivity index (χ1) is 18.1. The summed E-state index contributed by atoms with van der Waals surface area (Å²) in [7, 11) is 0. The van der Waals surface area contributed by atoms with Gasteiger partial charge in [-0.15, -0.1) is 11.3 Å². The predicted molar refractivity (Wildman–Crippen MR) is 143 cm³/mol. The maximum atomic E-state index is 13.4. The van der Waals surface area contributed by atoms with Crippen LogP contribution < -0.4 is 9.47 Å². The first-order valence-electron chi connectivity index (χ1n) is 11.7. The monoisotopic (exact) mass is 538 g/mol. The van der Waals surface area contributed by atoms with Gasteiger partial charge in [0.05, 0.1) is 5.56 Å². The summed E-state index contributed by atoms with van der Waals surface area (Å²) in [5.41, 5.74) is 2.82. The molecule has 0 unspecified atom stereocenters. The number of rotatable bonds is 9. The molecule has 0 saturated carbocycles. The third-order valence-corrected chi connectivity index (χ3v) is 6.81. The van der Waals surface area contributed by atoms with Crippen LogP contribution in [0.2, 0.25) is 0 Å². The second kappa shape index (κ2) is 11.6. The molecule has 0 aliphatic rings. The Kier molecular flexibility index (Phi) is 8.22. The van der Waals surface area contributed by atoms with Crippen LogP contribution in [0.1, 0.15) is 27.1 Å². The van der Waals surface area contributed by atoms with E-state index in [1.807, 2.05) is 43.3 Å². The Balaban J connectivity index is 1.61. The minimum absolute atomic E-state index is 0.103. The van der Waals surface area contributed by atoms with E-state index < -0.39 is 24.3 Å². The average Bonchev–Trinajstić information content (AvgIpc) is 3.32. The Morgan fingerprint density at radius 2 is 1.68 bits per heavy atom. The van der Waals surface area contributed by atoms with Crippen molar-refractivity contribution in [1.29, 1.82) is 0 Å². The molecule has 0 saturated heterocycles. The van der Waals surface area contributed by atoms with Crippen molar-refractivity contribution in [3.05, 3.63) is 112 Å². The van der Waals surface area contributed by atoms with E-state index >= 15 is 0 Å². The molecule has 0 spiro atoms. The lowest BCUT2D eigenvalue weighted by Crippen LogP contribution is -2.10. The SMILES string of the molecule is Cc1ccc(-c2ccc(/C(=C\COc3ccc(OCC(=O)O)c(C)c3)c3cccc(C(F)(F)F)c3)cc2)s1. The van der Waals surface area contributed by atoms with E-state index in [1.54, 1.807) is 48.6 Å². The largest absolute Gasteiger partial charge is 0.489 e. The third-order valence-electron chi connectivity index (χ3n) is 5.76. The minimum Gasteiger partial charge on any atom is -0.489 e. The number of ether oxygens (including phenoxy) is 2. The van der Waals surface area contributed by atoms with Crippen molar-refractivity contribution in [3.8, 4) is 21.9 Å². The van der Waals surface area contributed by atoms with Gasteiger partial charge in [-0.2, -0.15) is 13.2 Å². The van der Waals surface area contributed by atoms with Gasteiger partial charge in [-0.25, -0.2) is 4.79 Å². The molecular formula is C30H25F3O4S. The summed E-state index contributed by atoms with van der Waals surface area (Å²) < 4.78 is 51.4. The summed E-state index contributed by atoms with van der Waals surface area (Å²) >= 11 is 1.68. The average molecular weight is 539 g/mol. The molecule has 4 nitrogen and oxygen atoms in total. The zero-order valence-electron chi connectivity index (χ0n) is 20.7. The standard InChI is InChI=1S/C30H25F3O4S/c1-19-16-25(11-12-27(19)37-18-29(34)35)36-15-14-26(23-4-3-5-24(17-23)30(31,32)33)21-7-9-22(10-8-21)28-13-6-20(2)38-28/h3-14,16-17H,15,18H2,1-2H3,(H,34,35)/b26-14+. The van der Waals surface area contributed by atoms with E-state index in [1.165, 1.54) is 10.9 Å². The molecule has 0 atom stereocenters. The Labute approximate surface area is 222 Å². The van der Waals surface area contributed by atoms with Gasteiger partial charge in [-0.05, 0) is 90.2 Å². The molecule has 0 aliphatic heterocycles. The van der Waals surface area contributed by atoms with Crippen LogP contribution in [0.15, 0.2) is 84.9 Å². The fourth-order valence-corrected chi connectivity index (χ4v) is 4.78. The third kappa shape index (κ3) is 6.83. The van der Waals surface area contributed by atoms with Gasteiger partial charge >= 0.3 is 12.1 Å². The summed E-state index contributed by atoms with van der Waals surface area (Å²) in [6, 6.07) is 22.0. The summed E-state index contributed by atoms with van der Waals surface area (Å²) in [5, 5.41) is 8.79. The molecule has 0 bridgehead atoms. The van der Waals surface area contributed by atoms with Gasteiger partial charge in [0, 0.05) is 9.75 Å². The van der Waals surface area contributed by atoms with Gasteiger partial charge in [0.2, 0.25) is 0 Å².